The van der Waals surface area contributed by atoms with Crippen LogP contribution in [0, 0.1) is 6.92 Å². The predicted octanol–water partition coefficient (Wildman–Crippen LogP) is 2.41. The Hall–Kier alpha value is -1.47. The number of aryl methyl sites for hydroxylation is 1. The first-order valence-corrected chi connectivity index (χ1v) is 9.27. The zero-order valence-electron chi connectivity index (χ0n) is 13.6. The van der Waals surface area contributed by atoms with E-state index in [0.717, 1.165) is 49.0 Å². The number of carbonyl (C=O) groups excluding carboxylic acids is 1. The van der Waals surface area contributed by atoms with E-state index in [1.165, 1.54) is 11.3 Å². The fourth-order valence-corrected chi connectivity index (χ4v) is 3.78. The van der Waals surface area contributed by atoms with Crippen LogP contribution in [0.1, 0.15) is 15.4 Å². The Kier molecular flexibility index (Phi) is 5.84. The number of piperazine rings is 1. The van der Waals surface area contributed by atoms with E-state index in [1.54, 1.807) is 0 Å². The summed E-state index contributed by atoms with van der Waals surface area (Å²) in [6.45, 7) is 7.54. The van der Waals surface area contributed by atoms with Crippen molar-refractivity contribution in [2.45, 2.75) is 6.92 Å². The third-order valence-corrected chi connectivity index (χ3v) is 5.47. The van der Waals surface area contributed by atoms with Gasteiger partial charge >= 0.3 is 0 Å². The third kappa shape index (κ3) is 4.33. The van der Waals surface area contributed by atoms with Gasteiger partial charge in [-0.2, -0.15) is 0 Å². The molecule has 24 heavy (non-hydrogen) atoms. The van der Waals surface area contributed by atoms with Crippen LogP contribution in [-0.2, 0) is 0 Å². The van der Waals surface area contributed by atoms with Gasteiger partial charge in [0.25, 0.3) is 5.91 Å². The third-order valence-electron chi connectivity index (χ3n) is 4.02. The topological polar surface area (TPSA) is 57.3 Å². The van der Waals surface area contributed by atoms with E-state index < -0.39 is 0 Å². The smallest absolute Gasteiger partial charge is 0.263 e. The Bertz CT molecular complexity index is 695. The lowest BCUT2D eigenvalue weighted by atomic mass is 10.2. The summed E-state index contributed by atoms with van der Waals surface area (Å²) in [6.07, 6.45) is 0. The fourth-order valence-electron chi connectivity index (χ4n) is 2.67. The molecule has 1 aliphatic heterocycles. The SMILES string of the molecule is Cc1nc(-c2ccc(Cl)cc2)sc1C(=O)NCCN1CCNCC1. The lowest BCUT2D eigenvalue weighted by Gasteiger charge is -2.27. The van der Waals surface area contributed by atoms with Gasteiger partial charge in [-0.1, -0.05) is 23.7 Å². The van der Waals surface area contributed by atoms with E-state index in [-0.39, 0.29) is 5.91 Å². The van der Waals surface area contributed by atoms with Gasteiger partial charge < -0.3 is 10.6 Å². The summed E-state index contributed by atoms with van der Waals surface area (Å²) in [5.41, 5.74) is 1.75. The first-order chi connectivity index (χ1) is 11.6. The number of rotatable bonds is 5. The maximum absolute atomic E-state index is 12.4. The highest BCUT2D eigenvalue weighted by Gasteiger charge is 2.16. The lowest BCUT2D eigenvalue weighted by molar-refractivity contribution is 0.0950. The Balaban J connectivity index is 1.59. The molecule has 1 aromatic heterocycles. The number of hydrogen-bond acceptors (Lipinski definition) is 5. The summed E-state index contributed by atoms with van der Waals surface area (Å²) >= 11 is 7.34. The van der Waals surface area contributed by atoms with Crippen molar-refractivity contribution in [3.8, 4) is 10.6 Å². The second-order valence-electron chi connectivity index (χ2n) is 5.79. The molecule has 1 aliphatic rings. The molecular weight excluding hydrogens is 344 g/mol. The van der Waals surface area contributed by atoms with Gasteiger partial charge in [-0.25, -0.2) is 4.98 Å². The van der Waals surface area contributed by atoms with Crippen LogP contribution in [0.25, 0.3) is 10.6 Å². The molecule has 1 fully saturated rings. The molecule has 5 nitrogen and oxygen atoms in total. The molecule has 0 spiro atoms. The van der Waals surface area contributed by atoms with E-state index in [2.05, 4.69) is 20.5 Å². The van der Waals surface area contributed by atoms with Crippen molar-refractivity contribution in [3.05, 3.63) is 39.9 Å². The van der Waals surface area contributed by atoms with Crippen LogP contribution in [0.5, 0.6) is 0 Å². The molecule has 1 aromatic carbocycles. The highest BCUT2D eigenvalue weighted by molar-refractivity contribution is 7.17. The minimum Gasteiger partial charge on any atom is -0.350 e. The number of nitrogens with one attached hydrogen (secondary N) is 2. The molecule has 2 aromatic rings. The van der Waals surface area contributed by atoms with Crippen molar-refractivity contribution in [3.63, 3.8) is 0 Å². The standard InChI is InChI=1S/C17H21ClN4OS/c1-12-15(16(23)20-8-11-22-9-6-19-7-10-22)24-17(21-12)13-2-4-14(18)5-3-13/h2-5,19H,6-11H2,1H3,(H,20,23). The molecule has 7 heteroatoms. The number of aromatic nitrogens is 1. The van der Waals surface area contributed by atoms with Crippen LogP contribution < -0.4 is 10.6 Å². The first kappa shape index (κ1) is 17.4. The molecule has 0 unspecified atom stereocenters. The van der Waals surface area contributed by atoms with Crippen molar-refractivity contribution < 1.29 is 4.79 Å². The number of carbonyl (C=O) groups is 1. The van der Waals surface area contributed by atoms with Crippen molar-refractivity contribution in [2.75, 3.05) is 39.3 Å². The molecule has 2 N–H and O–H groups in total. The maximum atomic E-state index is 12.4. The largest absolute Gasteiger partial charge is 0.350 e. The number of benzene rings is 1. The van der Waals surface area contributed by atoms with Crippen LogP contribution in [0.3, 0.4) is 0 Å². The van der Waals surface area contributed by atoms with E-state index in [1.807, 2.05) is 31.2 Å². The zero-order valence-corrected chi connectivity index (χ0v) is 15.2. The molecule has 0 saturated carbocycles. The van der Waals surface area contributed by atoms with Crippen LogP contribution in [0.15, 0.2) is 24.3 Å². The number of amides is 1. The van der Waals surface area contributed by atoms with E-state index in [9.17, 15) is 4.79 Å². The summed E-state index contributed by atoms with van der Waals surface area (Å²) in [4.78, 5) is 20.0. The number of thiazole rings is 1. The molecule has 0 bridgehead atoms. The number of nitrogens with zero attached hydrogens (tertiary/aromatic N) is 2. The van der Waals surface area contributed by atoms with E-state index in [4.69, 9.17) is 11.6 Å². The molecular formula is C17H21ClN4OS. The predicted molar refractivity (Wildman–Crippen MR) is 98.9 cm³/mol. The molecule has 1 saturated heterocycles. The monoisotopic (exact) mass is 364 g/mol. The van der Waals surface area contributed by atoms with Crippen LogP contribution in [-0.4, -0.2) is 55.1 Å². The quantitative estimate of drug-likeness (QED) is 0.855. The van der Waals surface area contributed by atoms with E-state index >= 15 is 0 Å². The second kappa shape index (κ2) is 8.07. The maximum Gasteiger partial charge on any atom is 0.263 e. The van der Waals surface area contributed by atoms with Gasteiger partial charge in [-0.05, 0) is 19.1 Å². The summed E-state index contributed by atoms with van der Waals surface area (Å²) in [7, 11) is 0. The van der Waals surface area contributed by atoms with Gasteiger partial charge in [0.05, 0.1) is 5.69 Å². The Labute approximate surface area is 151 Å². The Morgan fingerprint density at radius 2 is 2.04 bits per heavy atom. The molecule has 128 valence electrons. The van der Waals surface area contributed by atoms with Gasteiger partial charge in [0.15, 0.2) is 0 Å². The van der Waals surface area contributed by atoms with Crippen molar-refractivity contribution in [2.24, 2.45) is 0 Å². The van der Waals surface area contributed by atoms with E-state index in [0.29, 0.717) is 16.4 Å². The van der Waals surface area contributed by atoms with Gasteiger partial charge in [0.2, 0.25) is 0 Å². The highest BCUT2D eigenvalue weighted by Crippen LogP contribution is 2.28. The molecule has 0 aliphatic carbocycles. The first-order valence-electron chi connectivity index (χ1n) is 8.08. The summed E-state index contributed by atoms with van der Waals surface area (Å²) in [5, 5.41) is 7.87. The van der Waals surface area contributed by atoms with Gasteiger partial charge in [-0.3, -0.25) is 9.69 Å². The minimum absolute atomic E-state index is 0.0413. The fraction of sp³-hybridized carbons (Fsp3) is 0.412. The Morgan fingerprint density at radius 1 is 1.33 bits per heavy atom. The lowest BCUT2D eigenvalue weighted by Crippen LogP contribution is -2.46. The van der Waals surface area contributed by atoms with Gasteiger partial charge in [0, 0.05) is 49.9 Å². The second-order valence-corrected chi connectivity index (χ2v) is 7.22. The average molecular weight is 365 g/mol. The highest BCUT2D eigenvalue weighted by atomic mass is 35.5. The van der Waals surface area contributed by atoms with Crippen LogP contribution in [0.4, 0.5) is 0 Å². The van der Waals surface area contributed by atoms with Gasteiger partial charge in [-0.15, -0.1) is 11.3 Å². The normalized spacial score (nSPS) is 15.4. The minimum atomic E-state index is -0.0413. The van der Waals surface area contributed by atoms with Crippen LogP contribution in [0.2, 0.25) is 5.02 Å². The summed E-state index contributed by atoms with van der Waals surface area (Å²) < 4.78 is 0. The summed E-state index contributed by atoms with van der Waals surface area (Å²) in [5.74, 6) is -0.0413. The van der Waals surface area contributed by atoms with Crippen molar-refractivity contribution in [1.29, 1.82) is 0 Å². The van der Waals surface area contributed by atoms with Crippen molar-refractivity contribution in [1.82, 2.24) is 20.5 Å². The zero-order chi connectivity index (χ0) is 16.9. The van der Waals surface area contributed by atoms with Crippen molar-refractivity contribution >= 4 is 28.8 Å². The number of hydrogen-bond donors (Lipinski definition) is 2. The average Bonchev–Trinajstić information content (AvgIpc) is 2.98. The molecule has 0 radical (unpaired) electrons. The summed E-state index contributed by atoms with van der Waals surface area (Å²) in [6, 6.07) is 7.51. The van der Waals surface area contributed by atoms with Gasteiger partial charge in [0.1, 0.15) is 9.88 Å². The Morgan fingerprint density at radius 3 is 2.75 bits per heavy atom. The number of halogens is 1. The van der Waals surface area contributed by atoms with Crippen LogP contribution >= 0.6 is 22.9 Å². The molecule has 1 amide bonds. The molecule has 2 heterocycles. The molecule has 3 rings (SSSR count). The molecule has 0 atom stereocenters.